The van der Waals surface area contributed by atoms with E-state index in [0.29, 0.717) is 63.3 Å². The van der Waals surface area contributed by atoms with Gasteiger partial charge < -0.3 is 34.7 Å². The summed E-state index contributed by atoms with van der Waals surface area (Å²) in [6.07, 6.45) is 14.8. The Kier molecular flexibility index (Phi) is 18.2. The second-order valence-corrected chi connectivity index (χ2v) is 19.4. The van der Waals surface area contributed by atoms with Crippen molar-refractivity contribution >= 4 is 45.7 Å². The van der Waals surface area contributed by atoms with Crippen molar-refractivity contribution in [2.75, 3.05) is 77.6 Å². The first-order valence-electron chi connectivity index (χ1n) is 25.9. The Labute approximate surface area is 411 Å². The Morgan fingerprint density at radius 2 is 1.56 bits per heavy atom. The molecule has 8 rings (SSSR count). The largest absolute Gasteiger partial charge is 0.393 e. The number of imidazole rings is 1. The number of piperidine rings is 1. The van der Waals surface area contributed by atoms with Crippen LogP contribution in [0.1, 0.15) is 114 Å². The molecule has 0 bridgehead atoms. The van der Waals surface area contributed by atoms with Crippen LogP contribution in [0.2, 0.25) is 0 Å². The normalized spacial score (nSPS) is 19.3. The van der Waals surface area contributed by atoms with Gasteiger partial charge in [-0.1, -0.05) is 43.7 Å². The van der Waals surface area contributed by atoms with E-state index in [1.165, 1.54) is 10.1 Å². The molecule has 17 heteroatoms. The van der Waals surface area contributed by atoms with E-state index in [0.717, 1.165) is 150 Å². The lowest BCUT2D eigenvalue weighted by molar-refractivity contribution is -0.135. The number of rotatable bonds is 25. The van der Waals surface area contributed by atoms with Crippen LogP contribution >= 0.6 is 0 Å². The monoisotopic (exact) mass is 963 g/mol. The topological polar surface area (TPSA) is 190 Å². The number of benzene rings is 2. The van der Waals surface area contributed by atoms with Gasteiger partial charge in [0, 0.05) is 122 Å². The highest BCUT2D eigenvalue weighted by atomic mass is 16.5. The zero-order valence-electron chi connectivity index (χ0n) is 41.3. The molecule has 3 aliphatic rings. The van der Waals surface area contributed by atoms with Gasteiger partial charge in [-0.15, -0.1) is 0 Å². The second-order valence-electron chi connectivity index (χ2n) is 19.4. The average molecular weight is 963 g/mol. The number of anilines is 1. The lowest BCUT2D eigenvalue weighted by atomic mass is 9.93. The molecule has 5 aromatic rings. The van der Waals surface area contributed by atoms with Crippen molar-refractivity contribution in [2.24, 2.45) is 7.05 Å². The van der Waals surface area contributed by atoms with Crippen LogP contribution in [0.4, 0.5) is 5.95 Å². The Morgan fingerprint density at radius 3 is 2.31 bits per heavy atom. The Morgan fingerprint density at radius 1 is 0.829 bits per heavy atom. The van der Waals surface area contributed by atoms with Crippen LogP contribution in [-0.2, 0) is 43.9 Å². The fraction of sp³-hybridized carbons (Fsp3) is 0.585. The van der Waals surface area contributed by atoms with Crippen LogP contribution in [0.25, 0.3) is 33.2 Å². The zero-order chi connectivity index (χ0) is 48.8. The van der Waals surface area contributed by atoms with Crippen molar-refractivity contribution < 1.29 is 29.0 Å². The van der Waals surface area contributed by atoms with Gasteiger partial charge in [-0.05, 0) is 106 Å². The zero-order valence-corrected chi connectivity index (χ0v) is 41.3. The first-order chi connectivity index (χ1) is 34.1. The number of aliphatic hydroxyl groups excluding tert-OH is 1. The van der Waals surface area contributed by atoms with Crippen molar-refractivity contribution in [2.45, 2.75) is 122 Å². The molecule has 1 unspecified atom stereocenters. The first-order valence-corrected chi connectivity index (χ1v) is 25.9. The third kappa shape index (κ3) is 13.3. The molecule has 1 saturated carbocycles. The molecule has 378 valence electrons. The number of hydrogen-bond acceptors (Lipinski definition) is 12. The third-order valence-corrected chi connectivity index (χ3v) is 14.3. The van der Waals surface area contributed by atoms with Crippen LogP contribution < -0.4 is 21.6 Å². The number of imide groups is 1. The van der Waals surface area contributed by atoms with Gasteiger partial charge in [0.2, 0.25) is 23.7 Å². The summed E-state index contributed by atoms with van der Waals surface area (Å²) in [7, 11) is 1.71. The predicted octanol–water partition coefficient (Wildman–Crippen LogP) is 5.88. The molecule has 17 nitrogen and oxygen atoms in total. The maximum atomic E-state index is 13.0. The van der Waals surface area contributed by atoms with Gasteiger partial charge in [0.1, 0.15) is 11.7 Å². The van der Waals surface area contributed by atoms with Crippen molar-refractivity contribution in [3.8, 4) is 11.1 Å². The highest BCUT2D eigenvalue weighted by Gasteiger charge is 2.31. The van der Waals surface area contributed by atoms with Crippen molar-refractivity contribution in [1.82, 2.24) is 44.1 Å². The fourth-order valence-corrected chi connectivity index (χ4v) is 10.1. The van der Waals surface area contributed by atoms with Gasteiger partial charge >= 0.3 is 5.69 Å². The van der Waals surface area contributed by atoms with Crippen LogP contribution in [0.15, 0.2) is 59.7 Å². The van der Waals surface area contributed by atoms with E-state index in [1.807, 2.05) is 24.4 Å². The number of fused-ring (bicyclic) bond motifs is 2. The number of carbonyl (C=O) groups excluding carboxylic acids is 3. The molecule has 0 spiro atoms. The van der Waals surface area contributed by atoms with E-state index < -0.39 is 11.9 Å². The van der Waals surface area contributed by atoms with Gasteiger partial charge in [-0.25, -0.2) is 9.78 Å². The van der Waals surface area contributed by atoms with Gasteiger partial charge in [0.15, 0.2) is 0 Å². The van der Waals surface area contributed by atoms with Gasteiger partial charge in [-0.2, -0.15) is 4.98 Å². The minimum absolute atomic E-state index is 0.0974. The Bertz CT molecular complexity index is 2570. The number of ether oxygens (including phenoxy) is 2. The highest BCUT2D eigenvalue weighted by Crippen LogP contribution is 2.37. The molecule has 2 saturated heterocycles. The molecule has 1 aliphatic carbocycles. The summed E-state index contributed by atoms with van der Waals surface area (Å²) in [6.45, 7) is 11.9. The SMILES string of the molecule is CCCCNc1ncc2c(-c3ccc(CN4CCN(CCCC(=O)NCCCOCCCOCCCc5ccc6c(c5)n(C)c(=O)n6C5CCC(=O)NC5=O)CC4)cc3)cn([C@H]3CC[C@H](O)CC3)c2n1. The number of nitrogens with one attached hydrogen (secondary N) is 3. The lowest BCUT2D eigenvalue weighted by Gasteiger charge is -2.34. The van der Waals surface area contributed by atoms with Gasteiger partial charge in [0.25, 0.3) is 0 Å². The molecular formula is C53H74N10O7. The standard InChI is InChI=1S/C53H74N10O7/c1-3-4-23-55-52-56-35-43-44(37-62(50(43)58-52)41-16-18-42(64)19-17-41)40-14-11-39(12-15-40)36-61-28-26-60(27-29-61)25-5-10-48(65)54-24-7-31-70-33-8-32-69-30-6-9-38-13-20-45-47(34-38)59(2)53(68)63(45)46-21-22-49(66)57-51(46)67/h11-15,20,34-35,37,41-42,46,64H,3-10,16-19,21-33,36H2,1-2H3,(H,54,65)(H,55,56,58)(H,57,66,67)/t41-,42-,46?. The molecule has 3 fully saturated rings. The van der Waals surface area contributed by atoms with Crippen molar-refractivity contribution in [1.29, 1.82) is 0 Å². The number of hydrogen-bond donors (Lipinski definition) is 4. The van der Waals surface area contributed by atoms with Gasteiger partial charge in [-0.3, -0.25) is 33.7 Å². The minimum Gasteiger partial charge on any atom is -0.393 e. The second kappa shape index (κ2) is 25.1. The van der Waals surface area contributed by atoms with Crippen molar-refractivity contribution in [3.05, 3.63) is 76.5 Å². The van der Waals surface area contributed by atoms with E-state index in [9.17, 15) is 24.3 Å². The molecule has 70 heavy (non-hydrogen) atoms. The Balaban J connectivity index is 0.653. The van der Waals surface area contributed by atoms with Gasteiger partial charge in [0.05, 0.1) is 17.1 Å². The average Bonchev–Trinajstić information content (AvgIpc) is 3.86. The molecule has 3 aromatic heterocycles. The Hall–Kier alpha value is -5.46. The number of amides is 3. The van der Waals surface area contributed by atoms with Crippen molar-refractivity contribution in [3.63, 3.8) is 0 Å². The molecule has 1 atom stereocenters. The number of unbranched alkanes of at least 4 members (excludes halogenated alkanes) is 1. The van der Waals surface area contributed by atoms with E-state index in [4.69, 9.17) is 19.4 Å². The molecule has 2 aromatic carbocycles. The minimum atomic E-state index is -0.690. The maximum absolute atomic E-state index is 13.0. The first kappa shape index (κ1) is 50.9. The number of carbonyl (C=O) groups is 3. The summed E-state index contributed by atoms with van der Waals surface area (Å²) < 4.78 is 17.0. The van der Waals surface area contributed by atoms with Crippen LogP contribution in [0.3, 0.4) is 0 Å². The van der Waals surface area contributed by atoms with E-state index in [-0.39, 0.29) is 30.0 Å². The molecular weight excluding hydrogens is 889 g/mol. The molecule has 0 radical (unpaired) electrons. The smallest absolute Gasteiger partial charge is 0.329 e. The third-order valence-electron chi connectivity index (χ3n) is 14.3. The number of nitrogens with zero attached hydrogens (tertiary/aromatic N) is 7. The summed E-state index contributed by atoms with van der Waals surface area (Å²) in [6, 6.07) is 14.5. The fourth-order valence-electron chi connectivity index (χ4n) is 10.1. The van der Waals surface area contributed by atoms with E-state index in [1.54, 1.807) is 11.6 Å². The highest BCUT2D eigenvalue weighted by molar-refractivity contribution is 6.00. The number of aryl methyl sites for hydroxylation is 2. The summed E-state index contributed by atoms with van der Waals surface area (Å²) in [5.41, 5.74) is 6.84. The van der Waals surface area contributed by atoms with Crippen LogP contribution in [0.5, 0.6) is 0 Å². The summed E-state index contributed by atoms with van der Waals surface area (Å²) >= 11 is 0. The number of aromatic nitrogens is 5. The lowest BCUT2D eigenvalue weighted by Crippen LogP contribution is -2.46. The molecule has 5 heterocycles. The van der Waals surface area contributed by atoms with Crippen LogP contribution in [0, 0.1) is 0 Å². The molecule has 3 amide bonds. The van der Waals surface area contributed by atoms with E-state index in [2.05, 4.69) is 67.7 Å². The van der Waals surface area contributed by atoms with E-state index >= 15 is 0 Å². The number of piperazine rings is 1. The summed E-state index contributed by atoms with van der Waals surface area (Å²) in [5, 5.41) is 20.0. The predicted molar refractivity (Wildman–Crippen MR) is 272 cm³/mol. The quantitative estimate of drug-likeness (QED) is 0.0403. The number of aliphatic hydroxyl groups is 1. The summed E-state index contributed by atoms with van der Waals surface area (Å²) in [4.78, 5) is 64.3. The van der Waals surface area contributed by atoms with Crippen LogP contribution in [-0.4, -0.2) is 135 Å². The molecule has 4 N–H and O–H groups in total. The molecule has 2 aliphatic heterocycles. The maximum Gasteiger partial charge on any atom is 0.329 e. The summed E-state index contributed by atoms with van der Waals surface area (Å²) in [5.74, 6) is 0.0335.